The van der Waals surface area contributed by atoms with E-state index < -0.39 is 0 Å². The van der Waals surface area contributed by atoms with Gasteiger partial charge in [-0.05, 0) is 12.8 Å². The van der Waals surface area contributed by atoms with Gasteiger partial charge in [0, 0.05) is 6.20 Å². The Bertz CT molecular complexity index is 251. The third-order valence-corrected chi connectivity index (χ3v) is 3.30. The number of nitrogens with zero attached hydrogens (tertiary/aromatic N) is 1. The minimum atomic E-state index is -0.206. The maximum atomic E-state index is 11.1. The molecule has 0 radical (unpaired) electrons. The van der Waals surface area contributed by atoms with Gasteiger partial charge in [0.15, 0.2) is 0 Å². The van der Waals surface area contributed by atoms with Crippen LogP contribution in [-0.4, -0.2) is 24.1 Å². The lowest BCUT2D eigenvalue weighted by Gasteiger charge is -2.04. The number of ether oxygens (including phenoxy) is 1. The normalized spacial score (nSPS) is 15.6. The zero-order chi connectivity index (χ0) is 13.1. The standard InChI is InChI=1S/C15H27NO2/c1-2-3-4-5-6-7-8-9-10-11-12-16-13-14-18-15(16)17/h11-12H,2-10,13-14H2,1H3/b12-11-. The first-order chi connectivity index (χ1) is 8.84. The smallest absolute Gasteiger partial charge is 0.413 e. The number of hydrogen-bond acceptors (Lipinski definition) is 2. The van der Waals surface area contributed by atoms with Crippen LogP contribution in [0.15, 0.2) is 12.3 Å². The summed E-state index contributed by atoms with van der Waals surface area (Å²) >= 11 is 0. The fourth-order valence-corrected chi connectivity index (χ4v) is 2.14. The largest absolute Gasteiger partial charge is 0.447 e. The Balaban J connectivity index is 1.86. The van der Waals surface area contributed by atoms with Gasteiger partial charge in [0.1, 0.15) is 6.61 Å². The molecule has 3 nitrogen and oxygen atoms in total. The Morgan fingerprint density at radius 1 is 1.11 bits per heavy atom. The summed E-state index contributed by atoms with van der Waals surface area (Å²) in [6.45, 7) is 3.48. The predicted octanol–water partition coefficient (Wildman–Crippen LogP) is 4.48. The monoisotopic (exact) mass is 253 g/mol. The topological polar surface area (TPSA) is 29.5 Å². The number of rotatable bonds is 10. The van der Waals surface area contributed by atoms with Gasteiger partial charge in [-0.25, -0.2) is 4.79 Å². The van der Waals surface area contributed by atoms with Crippen LogP contribution < -0.4 is 0 Å². The predicted molar refractivity (Wildman–Crippen MR) is 74.4 cm³/mol. The summed E-state index contributed by atoms with van der Waals surface area (Å²) in [5.41, 5.74) is 0. The number of cyclic esters (lactones) is 1. The Morgan fingerprint density at radius 2 is 1.78 bits per heavy atom. The van der Waals surface area contributed by atoms with Crippen LogP contribution in [-0.2, 0) is 4.74 Å². The van der Waals surface area contributed by atoms with Crippen molar-refractivity contribution in [1.29, 1.82) is 0 Å². The molecule has 1 aliphatic heterocycles. The summed E-state index contributed by atoms with van der Waals surface area (Å²) in [7, 11) is 0. The molecule has 1 rings (SSSR count). The van der Waals surface area contributed by atoms with E-state index in [1.807, 2.05) is 6.20 Å². The van der Waals surface area contributed by atoms with Crippen molar-refractivity contribution in [3.63, 3.8) is 0 Å². The molecule has 1 aliphatic rings. The van der Waals surface area contributed by atoms with Crippen LogP contribution in [0.2, 0.25) is 0 Å². The van der Waals surface area contributed by atoms with Crippen LogP contribution in [0, 0.1) is 0 Å². The molecule has 0 spiro atoms. The highest BCUT2D eigenvalue weighted by molar-refractivity contribution is 5.70. The molecule has 104 valence electrons. The third-order valence-electron chi connectivity index (χ3n) is 3.30. The zero-order valence-electron chi connectivity index (χ0n) is 11.7. The van der Waals surface area contributed by atoms with Gasteiger partial charge < -0.3 is 4.74 Å². The maximum absolute atomic E-state index is 11.1. The molecule has 0 aromatic carbocycles. The van der Waals surface area contributed by atoms with Crippen molar-refractivity contribution in [3.05, 3.63) is 12.3 Å². The molecule has 0 aromatic rings. The van der Waals surface area contributed by atoms with E-state index in [1.54, 1.807) is 4.90 Å². The molecule has 3 heteroatoms. The molecule has 1 heterocycles. The van der Waals surface area contributed by atoms with Crippen LogP contribution in [0.4, 0.5) is 4.79 Å². The first-order valence-electron chi connectivity index (χ1n) is 7.44. The van der Waals surface area contributed by atoms with Gasteiger partial charge in [0.2, 0.25) is 0 Å². The summed E-state index contributed by atoms with van der Waals surface area (Å²) in [4.78, 5) is 12.8. The van der Waals surface area contributed by atoms with Gasteiger partial charge >= 0.3 is 6.09 Å². The first-order valence-corrected chi connectivity index (χ1v) is 7.44. The lowest BCUT2D eigenvalue weighted by atomic mass is 10.1. The van der Waals surface area contributed by atoms with Crippen LogP contribution in [0.3, 0.4) is 0 Å². The van der Waals surface area contributed by atoms with Crippen LogP contribution in [0.1, 0.15) is 64.7 Å². The van der Waals surface area contributed by atoms with Gasteiger partial charge in [-0.1, -0.05) is 57.9 Å². The van der Waals surface area contributed by atoms with Gasteiger partial charge in [0.05, 0.1) is 6.54 Å². The summed E-state index contributed by atoms with van der Waals surface area (Å²) in [6.07, 6.45) is 15.6. The van der Waals surface area contributed by atoms with Crippen molar-refractivity contribution >= 4 is 6.09 Å². The van der Waals surface area contributed by atoms with Crippen LogP contribution in [0.25, 0.3) is 0 Å². The highest BCUT2D eigenvalue weighted by Gasteiger charge is 2.18. The molecule has 1 fully saturated rings. The second-order valence-electron chi connectivity index (χ2n) is 4.96. The Kier molecular flexibility index (Phi) is 8.36. The lowest BCUT2D eigenvalue weighted by Crippen LogP contribution is -2.16. The summed E-state index contributed by atoms with van der Waals surface area (Å²) in [5.74, 6) is 0. The number of hydrogen-bond donors (Lipinski definition) is 0. The maximum Gasteiger partial charge on any atom is 0.413 e. The van der Waals surface area contributed by atoms with Crippen LogP contribution >= 0.6 is 0 Å². The quantitative estimate of drug-likeness (QED) is 0.537. The number of amides is 1. The minimum Gasteiger partial charge on any atom is -0.447 e. The van der Waals surface area contributed by atoms with E-state index in [9.17, 15) is 4.79 Å². The van der Waals surface area contributed by atoms with Gasteiger partial charge in [-0.15, -0.1) is 0 Å². The number of carbonyl (C=O) groups is 1. The minimum absolute atomic E-state index is 0.206. The molecule has 0 saturated carbocycles. The average molecular weight is 253 g/mol. The molecule has 18 heavy (non-hydrogen) atoms. The first kappa shape index (κ1) is 15.1. The molecule has 1 saturated heterocycles. The molecule has 1 amide bonds. The SMILES string of the molecule is CCCCCCCCCC/C=C\N1CCOC1=O. The van der Waals surface area contributed by atoms with Crippen molar-refractivity contribution in [2.75, 3.05) is 13.2 Å². The number of allylic oxidation sites excluding steroid dienone is 1. The van der Waals surface area contributed by atoms with Crippen molar-refractivity contribution in [1.82, 2.24) is 4.90 Å². The van der Waals surface area contributed by atoms with Crippen molar-refractivity contribution in [3.8, 4) is 0 Å². The Hall–Kier alpha value is -0.990. The van der Waals surface area contributed by atoms with E-state index >= 15 is 0 Å². The van der Waals surface area contributed by atoms with E-state index in [4.69, 9.17) is 4.74 Å². The van der Waals surface area contributed by atoms with Crippen molar-refractivity contribution in [2.24, 2.45) is 0 Å². The van der Waals surface area contributed by atoms with Crippen molar-refractivity contribution < 1.29 is 9.53 Å². The molecule has 0 N–H and O–H groups in total. The van der Waals surface area contributed by atoms with E-state index in [2.05, 4.69) is 13.0 Å². The van der Waals surface area contributed by atoms with Gasteiger partial charge in [0.25, 0.3) is 0 Å². The summed E-state index contributed by atoms with van der Waals surface area (Å²) < 4.78 is 4.84. The second kappa shape index (κ2) is 9.98. The highest BCUT2D eigenvalue weighted by Crippen LogP contribution is 2.10. The van der Waals surface area contributed by atoms with E-state index in [1.165, 1.54) is 51.4 Å². The van der Waals surface area contributed by atoms with Crippen molar-refractivity contribution in [2.45, 2.75) is 64.7 Å². The fourth-order valence-electron chi connectivity index (χ4n) is 2.14. The molecule has 0 aromatic heterocycles. The molecule has 0 aliphatic carbocycles. The van der Waals surface area contributed by atoms with Gasteiger partial charge in [-0.2, -0.15) is 0 Å². The molecular weight excluding hydrogens is 226 g/mol. The molecule has 0 unspecified atom stereocenters. The zero-order valence-corrected chi connectivity index (χ0v) is 11.7. The molecule has 0 bridgehead atoms. The van der Waals surface area contributed by atoms with Gasteiger partial charge in [-0.3, -0.25) is 4.90 Å². The number of carbonyl (C=O) groups excluding carboxylic acids is 1. The lowest BCUT2D eigenvalue weighted by molar-refractivity contribution is 0.166. The number of unbranched alkanes of at least 4 members (excludes halogenated alkanes) is 8. The van der Waals surface area contributed by atoms with Crippen LogP contribution in [0.5, 0.6) is 0 Å². The van der Waals surface area contributed by atoms with E-state index in [0.717, 1.165) is 6.42 Å². The highest BCUT2D eigenvalue weighted by atomic mass is 16.6. The Labute approximate surface area is 111 Å². The third kappa shape index (κ3) is 6.67. The Morgan fingerprint density at radius 3 is 2.39 bits per heavy atom. The van der Waals surface area contributed by atoms with E-state index in [0.29, 0.717) is 13.2 Å². The molecule has 0 atom stereocenters. The average Bonchev–Trinajstić information content (AvgIpc) is 2.77. The second-order valence-corrected chi connectivity index (χ2v) is 4.96. The van der Waals surface area contributed by atoms with E-state index in [-0.39, 0.29) is 6.09 Å². The summed E-state index contributed by atoms with van der Waals surface area (Å²) in [5, 5.41) is 0. The fraction of sp³-hybridized carbons (Fsp3) is 0.800. The molecular formula is C15H27NO2. The summed E-state index contributed by atoms with van der Waals surface area (Å²) in [6, 6.07) is 0.